The maximum absolute atomic E-state index is 13.2. The Hall–Kier alpha value is -1.62. The minimum absolute atomic E-state index is 0.158. The molecule has 4 nitrogen and oxygen atoms in total. The van der Waals surface area contributed by atoms with Gasteiger partial charge in [-0.1, -0.05) is 20.3 Å². The third kappa shape index (κ3) is 6.02. The molecule has 0 saturated heterocycles. The first-order valence-corrected chi connectivity index (χ1v) is 6.95. The molecule has 0 aromatic heterocycles. The SMILES string of the molecule is CCCCOC(=O)COc1ccc(F)cc1CNCC. The molecule has 0 unspecified atom stereocenters. The first kappa shape index (κ1) is 16.4. The lowest BCUT2D eigenvalue weighted by atomic mass is 10.2. The van der Waals surface area contributed by atoms with Crippen LogP contribution in [0.4, 0.5) is 4.39 Å². The van der Waals surface area contributed by atoms with Crippen molar-refractivity contribution in [3.63, 3.8) is 0 Å². The molecular weight excluding hydrogens is 261 g/mol. The summed E-state index contributed by atoms with van der Waals surface area (Å²) in [5.41, 5.74) is 0.688. The Balaban J connectivity index is 2.51. The number of unbranched alkanes of at least 4 members (excludes halogenated alkanes) is 1. The lowest BCUT2D eigenvalue weighted by Crippen LogP contribution is -2.17. The zero-order valence-electron chi connectivity index (χ0n) is 12.1. The number of ether oxygens (including phenoxy) is 2. The van der Waals surface area contributed by atoms with E-state index in [2.05, 4.69) is 5.32 Å². The lowest BCUT2D eigenvalue weighted by molar-refractivity contribution is -0.146. The summed E-state index contributed by atoms with van der Waals surface area (Å²) in [4.78, 5) is 11.4. The molecule has 0 radical (unpaired) electrons. The molecule has 1 N–H and O–H groups in total. The van der Waals surface area contributed by atoms with Crippen molar-refractivity contribution in [2.45, 2.75) is 33.2 Å². The standard InChI is InChI=1S/C15H22FNO3/c1-3-5-8-19-15(18)11-20-14-7-6-13(16)9-12(14)10-17-4-2/h6-7,9,17H,3-5,8,10-11H2,1-2H3. The summed E-state index contributed by atoms with van der Waals surface area (Å²) < 4.78 is 23.6. The second kappa shape index (κ2) is 9.31. The summed E-state index contributed by atoms with van der Waals surface area (Å²) in [5, 5.41) is 3.10. The molecule has 0 spiro atoms. The number of nitrogens with one attached hydrogen (secondary N) is 1. The van der Waals surface area contributed by atoms with Crippen LogP contribution in [0.3, 0.4) is 0 Å². The molecule has 0 fully saturated rings. The second-order valence-corrected chi connectivity index (χ2v) is 4.40. The number of carbonyl (C=O) groups is 1. The zero-order valence-corrected chi connectivity index (χ0v) is 12.1. The molecular formula is C15H22FNO3. The molecule has 0 amide bonds. The molecule has 112 valence electrons. The fourth-order valence-electron chi connectivity index (χ4n) is 1.60. The van der Waals surface area contributed by atoms with Crippen LogP contribution >= 0.6 is 0 Å². The van der Waals surface area contributed by atoms with Crippen LogP contribution in [0.2, 0.25) is 0 Å². The molecule has 1 rings (SSSR count). The highest BCUT2D eigenvalue weighted by molar-refractivity contribution is 5.71. The van der Waals surface area contributed by atoms with Crippen LogP contribution in [0.25, 0.3) is 0 Å². The van der Waals surface area contributed by atoms with E-state index in [4.69, 9.17) is 9.47 Å². The monoisotopic (exact) mass is 283 g/mol. The van der Waals surface area contributed by atoms with E-state index in [1.807, 2.05) is 13.8 Å². The van der Waals surface area contributed by atoms with Crippen LogP contribution in [0.1, 0.15) is 32.3 Å². The summed E-state index contributed by atoms with van der Waals surface area (Å²) in [7, 11) is 0. The quantitative estimate of drug-likeness (QED) is 0.559. The Bertz CT molecular complexity index is 424. The van der Waals surface area contributed by atoms with Gasteiger partial charge in [0.1, 0.15) is 11.6 Å². The van der Waals surface area contributed by atoms with Gasteiger partial charge in [0.15, 0.2) is 6.61 Å². The second-order valence-electron chi connectivity index (χ2n) is 4.40. The number of esters is 1. The fraction of sp³-hybridized carbons (Fsp3) is 0.533. The molecule has 0 saturated carbocycles. The minimum Gasteiger partial charge on any atom is -0.482 e. The number of hydrogen-bond acceptors (Lipinski definition) is 4. The summed E-state index contributed by atoms with van der Waals surface area (Å²) in [6.07, 6.45) is 1.81. The van der Waals surface area contributed by atoms with Gasteiger partial charge in [-0.15, -0.1) is 0 Å². The Labute approximate surface area is 119 Å². The summed E-state index contributed by atoms with van der Waals surface area (Å²) in [6, 6.07) is 4.24. The van der Waals surface area contributed by atoms with Crippen molar-refractivity contribution in [2.24, 2.45) is 0 Å². The molecule has 0 aliphatic rings. The van der Waals surface area contributed by atoms with E-state index >= 15 is 0 Å². The predicted octanol–water partition coefficient (Wildman–Crippen LogP) is 2.66. The van der Waals surface area contributed by atoms with Gasteiger partial charge in [-0.3, -0.25) is 0 Å². The summed E-state index contributed by atoms with van der Waals surface area (Å²) in [6.45, 7) is 5.51. The van der Waals surface area contributed by atoms with Crippen molar-refractivity contribution in [3.8, 4) is 5.75 Å². The van der Waals surface area contributed by atoms with E-state index < -0.39 is 5.97 Å². The van der Waals surface area contributed by atoms with E-state index in [-0.39, 0.29) is 12.4 Å². The molecule has 5 heteroatoms. The zero-order chi connectivity index (χ0) is 14.8. The maximum Gasteiger partial charge on any atom is 0.344 e. The van der Waals surface area contributed by atoms with E-state index in [1.54, 1.807) is 0 Å². The van der Waals surface area contributed by atoms with E-state index in [9.17, 15) is 9.18 Å². The summed E-state index contributed by atoms with van der Waals surface area (Å²) in [5.74, 6) is -0.229. The van der Waals surface area contributed by atoms with Gasteiger partial charge >= 0.3 is 5.97 Å². The first-order valence-electron chi connectivity index (χ1n) is 6.95. The molecule has 0 heterocycles. The predicted molar refractivity (Wildman–Crippen MR) is 75.1 cm³/mol. The lowest BCUT2D eigenvalue weighted by Gasteiger charge is -2.11. The van der Waals surface area contributed by atoms with Crippen LogP contribution in [-0.2, 0) is 16.1 Å². The Morgan fingerprint density at radius 3 is 2.85 bits per heavy atom. The van der Waals surface area contributed by atoms with Gasteiger partial charge in [-0.05, 0) is 31.2 Å². The topological polar surface area (TPSA) is 47.6 Å². The van der Waals surface area contributed by atoms with E-state index in [0.29, 0.717) is 24.5 Å². The van der Waals surface area contributed by atoms with Crippen molar-refractivity contribution in [1.29, 1.82) is 0 Å². The molecule has 20 heavy (non-hydrogen) atoms. The first-order chi connectivity index (χ1) is 9.67. The third-order valence-electron chi connectivity index (χ3n) is 2.69. The third-order valence-corrected chi connectivity index (χ3v) is 2.69. The number of halogens is 1. The number of carbonyl (C=O) groups excluding carboxylic acids is 1. The van der Waals surface area contributed by atoms with Gasteiger partial charge in [0.05, 0.1) is 6.61 Å². The van der Waals surface area contributed by atoms with Crippen molar-refractivity contribution in [1.82, 2.24) is 5.32 Å². The van der Waals surface area contributed by atoms with Gasteiger partial charge in [0.25, 0.3) is 0 Å². The summed E-state index contributed by atoms with van der Waals surface area (Å²) >= 11 is 0. The number of benzene rings is 1. The average Bonchev–Trinajstić information content (AvgIpc) is 2.44. The minimum atomic E-state index is -0.405. The Kier molecular flexibility index (Phi) is 7.65. The van der Waals surface area contributed by atoms with Crippen LogP contribution in [0.15, 0.2) is 18.2 Å². The Morgan fingerprint density at radius 1 is 1.35 bits per heavy atom. The van der Waals surface area contributed by atoms with Gasteiger partial charge in [0, 0.05) is 12.1 Å². The van der Waals surface area contributed by atoms with Crippen molar-refractivity contribution in [2.75, 3.05) is 19.8 Å². The highest BCUT2D eigenvalue weighted by Gasteiger charge is 2.08. The normalized spacial score (nSPS) is 10.3. The van der Waals surface area contributed by atoms with Crippen LogP contribution in [0.5, 0.6) is 5.75 Å². The molecule has 1 aromatic carbocycles. The molecule has 0 atom stereocenters. The molecule has 0 bridgehead atoms. The van der Waals surface area contributed by atoms with E-state index in [0.717, 1.165) is 19.4 Å². The highest BCUT2D eigenvalue weighted by atomic mass is 19.1. The molecule has 0 aliphatic heterocycles. The van der Waals surface area contributed by atoms with Gasteiger partial charge in [0.2, 0.25) is 0 Å². The maximum atomic E-state index is 13.2. The van der Waals surface area contributed by atoms with Crippen molar-refractivity contribution in [3.05, 3.63) is 29.6 Å². The highest BCUT2D eigenvalue weighted by Crippen LogP contribution is 2.19. The van der Waals surface area contributed by atoms with Crippen LogP contribution in [0, 0.1) is 5.82 Å². The fourth-order valence-corrected chi connectivity index (χ4v) is 1.60. The average molecular weight is 283 g/mol. The van der Waals surface area contributed by atoms with Gasteiger partial charge in [-0.2, -0.15) is 0 Å². The van der Waals surface area contributed by atoms with Gasteiger partial charge < -0.3 is 14.8 Å². The molecule has 0 aliphatic carbocycles. The number of hydrogen-bond donors (Lipinski definition) is 1. The van der Waals surface area contributed by atoms with Crippen LogP contribution < -0.4 is 10.1 Å². The Morgan fingerprint density at radius 2 is 2.15 bits per heavy atom. The molecule has 1 aromatic rings. The number of rotatable bonds is 9. The smallest absolute Gasteiger partial charge is 0.344 e. The van der Waals surface area contributed by atoms with Crippen LogP contribution in [-0.4, -0.2) is 25.7 Å². The van der Waals surface area contributed by atoms with Gasteiger partial charge in [-0.25, -0.2) is 9.18 Å². The van der Waals surface area contributed by atoms with Crippen molar-refractivity contribution >= 4 is 5.97 Å². The largest absolute Gasteiger partial charge is 0.482 e. The van der Waals surface area contributed by atoms with Crippen molar-refractivity contribution < 1.29 is 18.7 Å². The van der Waals surface area contributed by atoms with E-state index in [1.165, 1.54) is 18.2 Å².